The fourth-order valence-corrected chi connectivity index (χ4v) is 1.89. The van der Waals surface area contributed by atoms with Gasteiger partial charge in [0.25, 0.3) is 0 Å². The van der Waals surface area contributed by atoms with Crippen LogP contribution in [0.3, 0.4) is 0 Å². The van der Waals surface area contributed by atoms with Crippen LogP contribution in [0.15, 0.2) is 17.0 Å². The molecular formula is C10H14N6S. The molecule has 2 aromatic rings. The summed E-state index contributed by atoms with van der Waals surface area (Å²) < 4.78 is 0. The lowest BCUT2D eigenvalue weighted by Crippen LogP contribution is -2.07. The Morgan fingerprint density at radius 3 is 2.71 bits per heavy atom. The normalized spacial score (nSPS) is 10.2. The van der Waals surface area contributed by atoms with E-state index in [-0.39, 0.29) is 5.95 Å². The molecule has 0 aromatic carbocycles. The van der Waals surface area contributed by atoms with Crippen molar-refractivity contribution < 1.29 is 0 Å². The fourth-order valence-electron chi connectivity index (χ4n) is 1.33. The summed E-state index contributed by atoms with van der Waals surface area (Å²) in [4.78, 5) is 12.4. The molecule has 0 fully saturated rings. The predicted molar refractivity (Wildman–Crippen MR) is 70.0 cm³/mol. The fraction of sp³-hybridized carbons (Fsp3) is 0.300. The first-order valence-corrected chi connectivity index (χ1v) is 6.21. The highest BCUT2D eigenvalue weighted by atomic mass is 32.1. The van der Waals surface area contributed by atoms with Gasteiger partial charge in [-0.1, -0.05) is 0 Å². The second-order valence-corrected chi connectivity index (χ2v) is 4.08. The van der Waals surface area contributed by atoms with Gasteiger partial charge in [0.05, 0.1) is 17.7 Å². The number of hydrogen-bond donors (Lipinski definition) is 3. The van der Waals surface area contributed by atoms with Crippen LogP contribution < -0.4 is 16.4 Å². The van der Waals surface area contributed by atoms with Gasteiger partial charge in [0.15, 0.2) is 0 Å². The molecule has 0 atom stereocenters. The summed E-state index contributed by atoms with van der Waals surface area (Å²) in [7, 11) is 0. The number of nitrogens with two attached hydrogens (primary N) is 1. The van der Waals surface area contributed by atoms with E-state index in [0.717, 1.165) is 18.1 Å². The van der Waals surface area contributed by atoms with E-state index in [2.05, 4.69) is 25.6 Å². The average molecular weight is 250 g/mol. The lowest BCUT2D eigenvalue weighted by molar-refractivity contribution is 1.04. The third-order valence-corrected chi connectivity index (χ3v) is 2.67. The maximum absolute atomic E-state index is 5.62. The molecule has 6 nitrogen and oxygen atoms in total. The van der Waals surface area contributed by atoms with E-state index in [1.807, 2.05) is 18.4 Å². The van der Waals surface area contributed by atoms with E-state index in [9.17, 15) is 0 Å². The van der Waals surface area contributed by atoms with Crippen molar-refractivity contribution in [2.75, 3.05) is 22.9 Å². The Morgan fingerprint density at radius 2 is 2.06 bits per heavy atom. The lowest BCUT2D eigenvalue weighted by Gasteiger charge is -2.07. The van der Waals surface area contributed by atoms with E-state index < -0.39 is 0 Å². The molecule has 0 saturated carbocycles. The molecule has 0 aliphatic carbocycles. The maximum atomic E-state index is 5.62. The van der Waals surface area contributed by atoms with Crippen molar-refractivity contribution in [1.29, 1.82) is 0 Å². The van der Waals surface area contributed by atoms with Crippen molar-refractivity contribution >= 4 is 28.9 Å². The number of aromatic nitrogens is 3. The molecule has 2 aromatic heterocycles. The number of thiazole rings is 1. The lowest BCUT2D eigenvalue weighted by atomic mass is 10.4. The van der Waals surface area contributed by atoms with E-state index >= 15 is 0 Å². The molecule has 0 saturated heterocycles. The largest absolute Gasteiger partial charge is 0.370 e. The highest BCUT2D eigenvalue weighted by Gasteiger charge is 2.02. The Labute approximate surface area is 103 Å². The van der Waals surface area contributed by atoms with Gasteiger partial charge in [-0.2, -0.15) is 9.97 Å². The Hall–Kier alpha value is -1.89. The minimum Gasteiger partial charge on any atom is -0.370 e. The molecule has 0 aliphatic rings. The summed E-state index contributed by atoms with van der Waals surface area (Å²) in [5.41, 5.74) is 8.41. The highest BCUT2D eigenvalue weighted by molar-refractivity contribution is 7.07. The van der Waals surface area contributed by atoms with Crippen LogP contribution in [0.4, 0.5) is 17.6 Å². The van der Waals surface area contributed by atoms with E-state index in [1.54, 1.807) is 16.8 Å². The standard InChI is InChI=1S/C10H14N6S/c1-2-12-8-3-9(16-10(11)15-8)13-4-7-5-17-6-14-7/h3,5-6H,2,4H2,1H3,(H4,11,12,13,15,16). The van der Waals surface area contributed by atoms with Crippen molar-refractivity contribution in [2.24, 2.45) is 0 Å². The van der Waals surface area contributed by atoms with Crippen molar-refractivity contribution in [2.45, 2.75) is 13.5 Å². The zero-order valence-electron chi connectivity index (χ0n) is 9.47. The van der Waals surface area contributed by atoms with Crippen molar-refractivity contribution in [3.05, 3.63) is 22.7 Å². The highest BCUT2D eigenvalue weighted by Crippen LogP contribution is 2.13. The van der Waals surface area contributed by atoms with E-state index in [1.165, 1.54) is 0 Å². The second-order valence-electron chi connectivity index (χ2n) is 3.36. The van der Waals surface area contributed by atoms with Crippen LogP contribution in [-0.2, 0) is 6.54 Å². The van der Waals surface area contributed by atoms with Gasteiger partial charge in [0.2, 0.25) is 5.95 Å². The summed E-state index contributed by atoms with van der Waals surface area (Å²) in [6.07, 6.45) is 0. The maximum Gasteiger partial charge on any atom is 0.223 e. The monoisotopic (exact) mass is 250 g/mol. The molecule has 7 heteroatoms. The van der Waals surface area contributed by atoms with Crippen LogP contribution in [-0.4, -0.2) is 21.5 Å². The van der Waals surface area contributed by atoms with E-state index in [4.69, 9.17) is 5.73 Å². The van der Waals surface area contributed by atoms with Crippen LogP contribution >= 0.6 is 11.3 Å². The topological polar surface area (TPSA) is 88.8 Å². The molecule has 0 spiro atoms. The van der Waals surface area contributed by atoms with Gasteiger partial charge in [-0.3, -0.25) is 0 Å². The second kappa shape index (κ2) is 5.44. The molecule has 2 heterocycles. The zero-order valence-corrected chi connectivity index (χ0v) is 10.3. The quantitative estimate of drug-likeness (QED) is 0.746. The average Bonchev–Trinajstić information content (AvgIpc) is 2.79. The van der Waals surface area contributed by atoms with Gasteiger partial charge >= 0.3 is 0 Å². The number of nitrogens with one attached hydrogen (secondary N) is 2. The smallest absolute Gasteiger partial charge is 0.223 e. The predicted octanol–water partition coefficient (Wildman–Crippen LogP) is 1.56. The third-order valence-electron chi connectivity index (χ3n) is 2.04. The van der Waals surface area contributed by atoms with Gasteiger partial charge in [0.1, 0.15) is 11.6 Å². The molecule has 0 amide bonds. The van der Waals surface area contributed by atoms with Crippen molar-refractivity contribution in [3.8, 4) is 0 Å². The number of nitrogen functional groups attached to an aromatic ring is 1. The minimum atomic E-state index is 0.254. The Bertz CT molecular complexity index is 470. The first kappa shape index (κ1) is 11.6. The molecular weight excluding hydrogens is 236 g/mol. The first-order valence-electron chi connectivity index (χ1n) is 5.27. The Morgan fingerprint density at radius 1 is 1.29 bits per heavy atom. The molecule has 0 unspecified atom stereocenters. The minimum absolute atomic E-state index is 0.254. The SMILES string of the molecule is CCNc1cc(NCc2cscn2)nc(N)n1. The molecule has 0 bridgehead atoms. The van der Waals surface area contributed by atoms with Gasteiger partial charge in [0, 0.05) is 18.0 Å². The number of hydrogen-bond acceptors (Lipinski definition) is 7. The summed E-state index contributed by atoms with van der Waals surface area (Å²) in [6, 6.07) is 1.83. The van der Waals surface area contributed by atoms with Gasteiger partial charge < -0.3 is 16.4 Å². The summed E-state index contributed by atoms with van der Waals surface area (Å²) in [6.45, 7) is 3.42. The van der Waals surface area contributed by atoms with Gasteiger partial charge in [-0.25, -0.2) is 4.98 Å². The van der Waals surface area contributed by atoms with Crippen molar-refractivity contribution in [1.82, 2.24) is 15.0 Å². The Kier molecular flexibility index (Phi) is 3.71. The molecule has 2 rings (SSSR count). The van der Waals surface area contributed by atoms with Crippen LogP contribution in [0.5, 0.6) is 0 Å². The number of rotatable bonds is 5. The van der Waals surface area contributed by atoms with Crippen molar-refractivity contribution in [3.63, 3.8) is 0 Å². The van der Waals surface area contributed by atoms with Crippen LogP contribution in [0.1, 0.15) is 12.6 Å². The summed E-state index contributed by atoms with van der Waals surface area (Å²) >= 11 is 1.57. The third kappa shape index (κ3) is 3.28. The summed E-state index contributed by atoms with van der Waals surface area (Å²) in [5, 5.41) is 8.25. The van der Waals surface area contributed by atoms with Gasteiger partial charge in [-0.15, -0.1) is 11.3 Å². The molecule has 0 aliphatic heterocycles. The Balaban J connectivity index is 2.04. The first-order chi connectivity index (χ1) is 8.28. The molecule has 17 heavy (non-hydrogen) atoms. The summed E-state index contributed by atoms with van der Waals surface area (Å²) in [5.74, 6) is 1.67. The number of nitrogens with zero attached hydrogens (tertiary/aromatic N) is 3. The molecule has 90 valence electrons. The molecule has 4 N–H and O–H groups in total. The molecule has 0 radical (unpaired) electrons. The van der Waals surface area contributed by atoms with E-state index in [0.29, 0.717) is 12.4 Å². The van der Waals surface area contributed by atoms with Crippen LogP contribution in [0.2, 0.25) is 0 Å². The van der Waals surface area contributed by atoms with Crippen LogP contribution in [0, 0.1) is 0 Å². The van der Waals surface area contributed by atoms with Crippen LogP contribution in [0.25, 0.3) is 0 Å². The van der Waals surface area contributed by atoms with Gasteiger partial charge in [-0.05, 0) is 6.92 Å². The zero-order chi connectivity index (χ0) is 12.1. The number of anilines is 3.